The first-order chi connectivity index (χ1) is 10.0. The molecule has 2 bridgehead atoms. The van der Waals surface area contributed by atoms with E-state index in [0.29, 0.717) is 17.4 Å². The Kier molecular flexibility index (Phi) is 3.74. The highest BCUT2D eigenvalue weighted by Gasteiger charge is 2.43. The van der Waals surface area contributed by atoms with Gasteiger partial charge >= 0.3 is 0 Å². The van der Waals surface area contributed by atoms with E-state index in [9.17, 15) is 0 Å². The number of nitrogens with one attached hydrogen (secondary N) is 1. The maximum Gasteiger partial charge on any atom is 0.124 e. The number of hydrogen-bond donors (Lipinski definition) is 1. The molecule has 0 unspecified atom stereocenters. The third-order valence-corrected chi connectivity index (χ3v) is 4.99. The first kappa shape index (κ1) is 14.5. The van der Waals surface area contributed by atoms with Gasteiger partial charge in [-0.25, -0.2) is 0 Å². The molecule has 3 aliphatic rings. The van der Waals surface area contributed by atoms with Crippen LogP contribution in [0.5, 0.6) is 11.5 Å². The van der Waals surface area contributed by atoms with Crippen molar-refractivity contribution >= 4 is 5.69 Å². The molecule has 3 heterocycles. The molecule has 0 spiro atoms. The van der Waals surface area contributed by atoms with Crippen molar-refractivity contribution in [3.63, 3.8) is 0 Å². The molecule has 3 aliphatic heterocycles. The maximum absolute atomic E-state index is 5.43. The molecule has 4 heteroatoms. The summed E-state index contributed by atoms with van der Waals surface area (Å²) in [7, 11) is 3.41. The van der Waals surface area contributed by atoms with Gasteiger partial charge in [0.1, 0.15) is 11.5 Å². The molecule has 1 N–H and O–H groups in total. The number of ether oxygens (including phenoxy) is 2. The van der Waals surface area contributed by atoms with Crippen LogP contribution in [0.15, 0.2) is 18.2 Å². The van der Waals surface area contributed by atoms with E-state index in [4.69, 9.17) is 9.47 Å². The lowest BCUT2D eigenvalue weighted by Gasteiger charge is -2.48. The van der Waals surface area contributed by atoms with Crippen LogP contribution in [-0.2, 0) is 0 Å². The zero-order chi connectivity index (χ0) is 15.0. The second-order valence-electron chi connectivity index (χ2n) is 6.96. The first-order valence-corrected chi connectivity index (χ1v) is 7.74. The van der Waals surface area contributed by atoms with Crippen molar-refractivity contribution in [1.82, 2.24) is 5.32 Å². The second kappa shape index (κ2) is 5.41. The molecule has 4 nitrogen and oxygen atoms in total. The summed E-state index contributed by atoms with van der Waals surface area (Å²) < 4.78 is 10.9. The van der Waals surface area contributed by atoms with Crippen LogP contribution >= 0.6 is 0 Å². The van der Waals surface area contributed by atoms with Crippen molar-refractivity contribution in [1.29, 1.82) is 0 Å². The summed E-state index contributed by atoms with van der Waals surface area (Å²) in [5, 5.41) is 3.62. The highest BCUT2D eigenvalue weighted by atomic mass is 16.5. The number of nitrogens with zero attached hydrogens (tertiary/aromatic N) is 1. The Labute approximate surface area is 127 Å². The summed E-state index contributed by atoms with van der Waals surface area (Å²) in [6, 6.07) is 6.69. The minimum atomic E-state index is 0.322. The molecule has 3 saturated heterocycles. The Balaban J connectivity index is 1.99. The number of methoxy groups -OCH3 is 2. The molecule has 116 valence electrons. The van der Waals surface area contributed by atoms with E-state index < -0.39 is 0 Å². The van der Waals surface area contributed by atoms with Gasteiger partial charge in [-0.3, -0.25) is 0 Å². The number of anilines is 1. The van der Waals surface area contributed by atoms with Crippen molar-refractivity contribution in [2.45, 2.75) is 26.3 Å². The van der Waals surface area contributed by atoms with Crippen LogP contribution in [0, 0.1) is 11.3 Å². The van der Waals surface area contributed by atoms with Crippen LogP contribution in [0.4, 0.5) is 5.69 Å². The van der Waals surface area contributed by atoms with Crippen molar-refractivity contribution < 1.29 is 9.47 Å². The van der Waals surface area contributed by atoms with Gasteiger partial charge in [-0.05, 0) is 24.3 Å². The molecular weight excluding hydrogens is 264 g/mol. The molecule has 0 aromatic heterocycles. The van der Waals surface area contributed by atoms with Crippen LogP contribution in [0.2, 0.25) is 0 Å². The van der Waals surface area contributed by atoms with Crippen LogP contribution in [-0.4, -0.2) is 39.9 Å². The molecule has 1 aromatic carbocycles. The van der Waals surface area contributed by atoms with Gasteiger partial charge in [0.15, 0.2) is 0 Å². The lowest BCUT2D eigenvalue weighted by Crippen LogP contribution is -2.53. The summed E-state index contributed by atoms with van der Waals surface area (Å²) in [6.45, 7) is 8.06. The average molecular weight is 290 g/mol. The zero-order valence-electron chi connectivity index (χ0n) is 13.5. The number of hydrogen-bond acceptors (Lipinski definition) is 4. The number of benzene rings is 1. The predicted molar refractivity (Wildman–Crippen MR) is 85.4 cm³/mol. The molecule has 1 aromatic rings. The Morgan fingerprint density at radius 1 is 1.10 bits per heavy atom. The Hall–Kier alpha value is -1.42. The van der Waals surface area contributed by atoms with Gasteiger partial charge < -0.3 is 19.7 Å². The van der Waals surface area contributed by atoms with E-state index >= 15 is 0 Å². The number of rotatable bonds is 3. The third-order valence-electron chi connectivity index (χ3n) is 4.99. The van der Waals surface area contributed by atoms with E-state index in [1.165, 1.54) is 12.1 Å². The summed E-state index contributed by atoms with van der Waals surface area (Å²) in [6.07, 6.45) is 1.29. The molecule has 4 rings (SSSR count). The third kappa shape index (κ3) is 2.69. The van der Waals surface area contributed by atoms with E-state index in [1.54, 1.807) is 14.2 Å². The number of fused-ring (bicyclic) bond motifs is 4. The summed E-state index contributed by atoms with van der Waals surface area (Å²) in [5.74, 6) is 2.42. The van der Waals surface area contributed by atoms with Crippen LogP contribution in [0.3, 0.4) is 0 Å². The second-order valence-corrected chi connectivity index (χ2v) is 6.96. The van der Waals surface area contributed by atoms with Crippen molar-refractivity contribution in [2.75, 3.05) is 38.8 Å². The maximum atomic E-state index is 5.43. The van der Waals surface area contributed by atoms with Crippen molar-refractivity contribution in [3.8, 4) is 11.5 Å². The summed E-state index contributed by atoms with van der Waals surface area (Å²) >= 11 is 0. The smallest absolute Gasteiger partial charge is 0.124 e. The lowest BCUT2D eigenvalue weighted by molar-refractivity contribution is 0.192. The fourth-order valence-corrected chi connectivity index (χ4v) is 3.96. The minimum Gasteiger partial charge on any atom is -0.497 e. The normalized spacial score (nSPS) is 27.3. The summed E-state index contributed by atoms with van der Waals surface area (Å²) in [4.78, 5) is 2.54. The molecule has 0 radical (unpaired) electrons. The lowest BCUT2D eigenvalue weighted by atomic mass is 9.73. The molecular formula is C17H26N2O2. The number of piperidine rings is 1. The predicted octanol–water partition coefficient (Wildman–Crippen LogP) is 2.53. The van der Waals surface area contributed by atoms with Gasteiger partial charge in [0.2, 0.25) is 0 Å². The van der Waals surface area contributed by atoms with E-state index in [1.807, 2.05) is 6.07 Å². The van der Waals surface area contributed by atoms with Crippen molar-refractivity contribution in [3.05, 3.63) is 18.2 Å². The molecule has 0 saturated carbocycles. The van der Waals surface area contributed by atoms with Gasteiger partial charge in [0.25, 0.3) is 0 Å². The topological polar surface area (TPSA) is 33.7 Å². The zero-order valence-corrected chi connectivity index (χ0v) is 13.5. The average Bonchev–Trinajstić information content (AvgIpc) is 2.76. The Bertz CT molecular complexity index is 493. The van der Waals surface area contributed by atoms with Gasteiger partial charge in [-0.2, -0.15) is 0 Å². The van der Waals surface area contributed by atoms with E-state index in [0.717, 1.165) is 31.1 Å². The van der Waals surface area contributed by atoms with E-state index in [-0.39, 0.29) is 0 Å². The van der Waals surface area contributed by atoms with Gasteiger partial charge in [-0.15, -0.1) is 0 Å². The summed E-state index contributed by atoms with van der Waals surface area (Å²) in [5.41, 5.74) is 1.53. The quantitative estimate of drug-likeness (QED) is 0.927. The monoisotopic (exact) mass is 290 g/mol. The highest BCUT2D eigenvalue weighted by Crippen LogP contribution is 2.42. The highest BCUT2D eigenvalue weighted by molar-refractivity contribution is 5.57. The Morgan fingerprint density at radius 2 is 1.76 bits per heavy atom. The molecule has 0 aliphatic carbocycles. The van der Waals surface area contributed by atoms with Gasteiger partial charge in [-0.1, -0.05) is 13.8 Å². The fraction of sp³-hybridized carbons (Fsp3) is 0.647. The standard InChI is InChI=1S/C17H26N2O2/c1-17(2)8-12-9-18-10-16(17)19(11-12)13-5-14(20-3)7-15(6-13)21-4/h5-7,12,16,18H,8-11H2,1-4H3/t12-,16+/m0/s1. The van der Waals surface area contributed by atoms with Crippen molar-refractivity contribution in [2.24, 2.45) is 11.3 Å². The van der Waals surface area contributed by atoms with E-state index in [2.05, 4.69) is 36.2 Å². The van der Waals surface area contributed by atoms with Crippen LogP contribution in [0.1, 0.15) is 20.3 Å². The van der Waals surface area contributed by atoms with Gasteiger partial charge in [0, 0.05) is 43.0 Å². The SMILES string of the molecule is COc1cc(OC)cc(N2C[C@@H]3CNC[C@@H]2C(C)(C)C3)c1. The molecule has 2 atom stereocenters. The van der Waals surface area contributed by atoms with Crippen LogP contribution in [0.25, 0.3) is 0 Å². The fourth-order valence-electron chi connectivity index (χ4n) is 3.96. The first-order valence-electron chi connectivity index (χ1n) is 7.74. The van der Waals surface area contributed by atoms with Crippen LogP contribution < -0.4 is 19.7 Å². The molecule has 21 heavy (non-hydrogen) atoms. The molecule has 0 amide bonds. The molecule has 3 fully saturated rings. The Morgan fingerprint density at radius 3 is 2.38 bits per heavy atom. The largest absolute Gasteiger partial charge is 0.497 e. The minimum absolute atomic E-state index is 0.322. The van der Waals surface area contributed by atoms with Gasteiger partial charge in [0.05, 0.1) is 14.2 Å².